The van der Waals surface area contributed by atoms with Gasteiger partial charge in [0.05, 0.1) is 13.8 Å². The third-order valence-corrected chi connectivity index (χ3v) is 10.5. The molecule has 6 aromatic rings. The van der Waals surface area contributed by atoms with Gasteiger partial charge in [-0.3, -0.25) is 4.98 Å². The average Bonchev–Trinajstić information content (AvgIpc) is 3.24. The second-order valence-electron chi connectivity index (χ2n) is 10.5. The second kappa shape index (κ2) is 8.84. The third-order valence-electron chi connectivity index (χ3n) is 7.06. The smallest absolute Gasteiger partial charge is 0.0780 e. The molecular formula is C33H29NSSi. The maximum atomic E-state index is 4.92. The van der Waals surface area contributed by atoms with Gasteiger partial charge in [-0.15, -0.1) is 11.3 Å². The maximum Gasteiger partial charge on any atom is 0.0780 e. The number of pyridine rings is 1. The summed E-state index contributed by atoms with van der Waals surface area (Å²) in [6, 6.07) is 35.4. The summed E-state index contributed by atoms with van der Waals surface area (Å²) in [6.45, 7) is 9.47. The van der Waals surface area contributed by atoms with Gasteiger partial charge in [0.25, 0.3) is 0 Å². The van der Waals surface area contributed by atoms with Gasteiger partial charge < -0.3 is 0 Å². The SMILES string of the molecule is Cc1c(-c2ccccc2)sc2c(-c3ccccc3)cc(-c3nccc4cc([Si](C)(C)C)ccc34)cc12. The summed E-state index contributed by atoms with van der Waals surface area (Å²) in [6.07, 6.45) is 1.97. The zero-order chi connectivity index (χ0) is 24.9. The molecule has 0 spiro atoms. The number of hydrogen-bond donors (Lipinski definition) is 0. The minimum atomic E-state index is -1.39. The highest BCUT2D eigenvalue weighted by Crippen LogP contribution is 2.45. The number of aryl methyl sites for hydroxylation is 1. The van der Waals surface area contributed by atoms with Crippen molar-refractivity contribution in [3.8, 4) is 32.8 Å². The Morgan fingerprint density at radius 1 is 0.667 bits per heavy atom. The molecular weight excluding hydrogens is 471 g/mol. The van der Waals surface area contributed by atoms with Crippen LogP contribution >= 0.6 is 11.3 Å². The summed E-state index contributed by atoms with van der Waals surface area (Å²) in [4.78, 5) is 6.26. The largest absolute Gasteiger partial charge is 0.256 e. The van der Waals surface area contributed by atoms with Crippen molar-refractivity contribution in [2.24, 2.45) is 0 Å². The molecule has 0 aliphatic rings. The molecule has 0 aliphatic carbocycles. The van der Waals surface area contributed by atoms with Crippen molar-refractivity contribution in [3.63, 3.8) is 0 Å². The zero-order valence-electron chi connectivity index (χ0n) is 21.2. The predicted molar refractivity (Wildman–Crippen MR) is 161 cm³/mol. The minimum absolute atomic E-state index is 1.06. The van der Waals surface area contributed by atoms with Crippen LogP contribution in [0.25, 0.3) is 53.7 Å². The first kappa shape index (κ1) is 22.9. The highest BCUT2D eigenvalue weighted by molar-refractivity contribution is 7.23. The summed E-state index contributed by atoms with van der Waals surface area (Å²) in [5, 5.41) is 5.28. The van der Waals surface area contributed by atoms with Crippen LogP contribution < -0.4 is 5.19 Å². The molecule has 6 rings (SSSR count). The number of aromatic nitrogens is 1. The molecule has 1 nitrogen and oxygen atoms in total. The van der Waals surface area contributed by atoms with Gasteiger partial charge >= 0.3 is 0 Å². The number of hydrogen-bond acceptors (Lipinski definition) is 2. The fraction of sp³-hybridized carbons (Fsp3) is 0.121. The molecule has 36 heavy (non-hydrogen) atoms. The molecule has 0 saturated heterocycles. The topological polar surface area (TPSA) is 12.9 Å². The van der Waals surface area contributed by atoms with Crippen molar-refractivity contribution in [2.45, 2.75) is 26.6 Å². The Kier molecular flexibility index (Phi) is 5.63. The summed E-state index contributed by atoms with van der Waals surface area (Å²) in [5.74, 6) is 0. The molecule has 0 radical (unpaired) electrons. The van der Waals surface area contributed by atoms with Crippen LogP contribution in [0.5, 0.6) is 0 Å². The van der Waals surface area contributed by atoms with Gasteiger partial charge in [-0.1, -0.05) is 104 Å². The van der Waals surface area contributed by atoms with Crippen LogP contribution in [-0.4, -0.2) is 13.1 Å². The van der Waals surface area contributed by atoms with E-state index in [-0.39, 0.29) is 0 Å². The molecule has 0 bridgehead atoms. The number of nitrogens with zero attached hydrogens (tertiary/aromatic N) is 1. The number of fused-ring (bicyclic) bond motifs is 2. The Morgan fingerprint density at radius 3 is 2.06 bits per heavy atom. The quantitative estimate of drug-likeness (QED) is 0.220. The summed E-state index contributed by atoms with van der Waals surface area (Å²) < 4.78 is 1.34. The fourth-order valence-electron chi connectivity index (χ4n) is 5.03. The van der Waals surface area contributed by atoms with Crippen molar-refractivity contribution < 1.29 is 0 Å². The molecule has 0 atom stereocenters. The monoisotopic (exact) mass is 499 g/mol. The van der Waals surface area contributed by atoms with Crippen molar-refractivity contribution in [2.75, 3.05) is 0 Å². The van der Waals surface area contributed by atoms with Gasteiger partial charge in [-0.05, 0) is 52.6 Å². The van der Waals surface area contributed by atoms with E-state index in [9.17, 15) is 0 Å². The van der Waals surface area contributed by atoms with Gasteiger partial charge in [-0.2, -0.15) is 0 Å². The summed E-state index contributed by atoms with van der Waals surface area (Å²) >= 11 is 1.89. The first-order chi connectivity index (χ1) is 17.4. The lowest BCUT2D eigenvalue weighted by Crippen LogP contribution is -2.37. The van der Waals surface area contributed by atoms with Crippen molar-refractivity contribution in [1.29, 1.82) is 0 Å². The second-order valence-corrected chi connectivity index (χ2v) is 16.6. The van der Waals surface area contributed by atoms with E-state index in [4.69, 9.17) is 4.98 Å². The summed E-state index contributed by atoms with van der Waals surface area (Å²) in [7, 11) is -1.39. The number of rotatable bonds is 4. The normalized spacial score (nSPS) is 11.9. The lowest BCUT2D eigenvalue weighted by molar-refractivity contribution is 1.36. The van der Waals surface area contributed by atoms with E-state index in [2.05, 4.69) is 124 Å². The molecule has 3 heteroatoms. The first-order valence-corrected chi connectivity index (χ1v) is 16.8. The maximum absolute atomic E-state index is 4.92. The van der Waals surface area contributed by atoms with Gasteiger partial charge in [0.2, 0.25) is 0 Å². The van der Waals surface area contributed by atoms with Crippen LogP contribution in [0, 0.1) is 6.92 Å². The van der Waals surface area contributed by atoms with Crippen LogP contribution in [0.4, 0.5) is 0 Å². The predicted octanol–water partition coefficient (Wildman–Crippen LogP) is 9.30. The Labute approximate surface area is 218 Å². The molecule has 2 aromatic heterocycles. The first-order valence-electron chi connectivity index (χ1n) is 12.5. The van der Waals surface area contributed by atoms with E-state index in [0.29, 0.717) is 0 Å². The molecule has 0 aliphatic heterocycles. The lowest BCUT2D eigenvalue weighted by atomic mass is 9.95. The van der Waals surface area contributed by atoms with Gasteiger partial charge in [-0.25, -0.2) is 0 Å². The van der Waals surface area contributed by atoms with E-state index < -0.39 is 8.07 Å². The number of thiophene rings is 1. The number of benzene rings is 4. The highest BCUT2D eigenvalue weighted by Gasteiger charge is 2.19. The van der Waals surface area contributed by atoms with Crippen LogP contribution in [-0.2, 0) is 0 Å². The van der Waals surface area contributed by atoms with E-state index in [1.807, 2.05) is 17.5 Å². The molecule has 0 unspecified atom stereocenters. The Bertz CT molecular complexity index is 1710. The van der Waals surface area contributed by atoms with Crippen LogP contribution in [0.1, 0.15) is 5.56 Å². The van der Waals surface area contributed by atoms with Crippen molar-refractivity contribution >= 4 is 45.5 Å². The Hall–Kier alpha value is -3.53. The molecule has 0 fully saturated rings. The molecule has 0 amide bonds. The van der Waals surface area contributed by atoms with E-state index in [0.717, 1.165) is 5.69 Å². The highest BCUT2D eigenvalue weighted by atomic mass is 32.1. The standard InChI is InChI=1S/C33H29NSSi/c1-22-29-20-26(31-28-16-15-27(36(2,3)4)19-25(28)17-18-34-31)21-30(23-11-7-5-8-12-23)33(29)35-32(22)24-13-9-6-10-14-24/h5-21H,1-4H3. The molecule has 176 valence electrons. The van der Waals surface area contributed by atoms with Crippen LogP contribution in [0.15, 0.2) is 103 Å². The van der Waals surface area contributed by atoms with Crippen molar-refractivity contribution in [3.05, 3.63) is 109 Å². The zero-order valence-corrected chi connectivity index (χ0v) is 23.0. The fourth-order valence-corrected chi connectivity index (χ4v) is 7.53. The lowest BCUT2D eigenvalue weighted by Gasteiger charge is -2.18. The Morgan fingerprint density at radius 2 is 1.36 bits per heavy atom. The molecule has 4 aromatic carbocycles. The molecule has 0 N–H and O–H groups in total. The van der Waals surface area contributed by atoms with E-state index in [1.165, 1.54) is 58.7 Å². The van der Waals surface area contributed by atoms with Gasteiger partial charge in [0.1, 0.15) is 0 Å². The van der Waals surface area contributed by atoms with Crippen LogP contribution in [0.2, 0.25) is 19.6 Å². The summed E-state index contributed by atoms with van der Waals surface area (Å²) in [5.41, 5.74) is 7.36. The molecule has 2 heterocycles. The minimum Gasteiger partial charge on any atom is -0.256 e. The average molecular weight is 500 g/mol. The van der Waals surface area contributed by atoms with Gasteiger partial charge in [0.15, 0.2) is 0 Å². The molecule has 0 saturated carbocycles. The van der Waals surface area contributed by atoms with E-state index in [1.54, 1.807) is 0 Å². The third kappa shape index (κ3) is 3.99. The van der Waals surface area contributed by atoms with Crippen molar-refractivity contribution in [1.82, 2.24) is 4.98 Å². The van der Waals surface area contributed by atoms with Crippen LogP contribution in [0.3, 0.4) is 0 Å². The van der Waals surface area contributed by atoms with Gasteiger partial charge in [0, 0.05) is 32.3 Å². The van der Waals surface area contributed by atoms with E-state index >= 15 is 0 Å². The Balaban J connectivity index is 1.63.